The van der Waals surface area contributed by atoms with Gasteiger partial charge in [-0.2, -0.15) is 0 Å². The molecule has 0 unspecified atom stereocenters. The van der Waals surface area contributed by atoms with Gasteiger partial charge in [-0.05, 0) is 43.5 Å². The fraction of sp³-hybridized carbons (Fsp3) is 0.450. The van der Waals surface area contributed by atoms with Crippen LogP contribution in [0, 0.1) is 6.92 Å². The predicted molar refractivity (Wildman–Crippen MR) is 103 cm³/mol. The summed E-state index contributed by atoms with van der Waals surface area (Å²) in [6.07, 6.45) is 3.90. The second kappa shape index (κ2) is 6.68. The third-order valence-electron chi connectivity index (χ3n) is 5.92. The van der Waals surface area contributed by atoms with Gasteiger partial charge in [0.2, 0.25) is 5.91 Å². The molecule has 0 atom stereocenters. The number of hydrogen-bond acceptors (Lipinski definition) is 3. The number of aromatic nitrogens is 2. The number of hydrogen-bond donors (Lipinski definition) is 1. The zero-order valence-electron chi connectivity index (χ0n) is 15.6. The molecular formula is C20H23ClN4O2. The van der Waals surface area contributed by atoms with E-state index in [0.29, 0.717) is 43.1 Å². The molecule has 142 valence electrons. The molecule has 2 aromatic rings. The van der Waals surface area contributed by atoms with Gasteiger partial charge >= 0.3 is 0 Å². The van der Waals surface area contributed by atoms with E-state index in [0.717, 1.165) is 23.4 Å². The number of H-pyrrole nitrogens is 1. The molecule has 1 N–H and O–H groups in total. The number of halogens is 1. The zero-order chi connectivity index (χ0) is 19.2. The van der Waals surface area contributed by atoms with E-state index in [1.54, 1.807) is 25.4 Å². The Morgan fingerprint density at radius 1 is 1.22 bits per heavy atom. The minimum absolute atomic E-state index is 0.0112. The highest BCUT2D eigenvalue weighted by Crippen LogP contribution is 2.42. The Morgan fingerprint density at radius 3 is 2.63 bits per heavy atom. The lowest BCUT2D eigenvalue weighted by Gasteiger charge is -2.50. The summed E-state index contributed by atoms with van der Waals surface area (Å²) in [5.74, 6) is 0.0776. The number of fused-ring (bicyclic) bond motifs is 2. The van der Waals surface area contributed by atoms with Gasteiger partial charge in [0.1, 0.15) is 0 Å². The molecule has 7 heteroatoms. The van der Waals surface area contributed by atoms with Gasteiger partial charge < -0.3 is 14.8 Å². The van der Waals surface area contributed by atoms with E-state index in [9.17, 15) is 9.59 Å². The van der Waals surface area contributed by atoms with Crippen LogP contribution in [0.15, 0.2) is 24.5 Å². The van der Waals surface area contributed by atoms with Crippen molar-refractivity contribution in [2.45, 2.75) is 38.6 Å². The highest BCUT2D eigenvalue weighted by molar-refractivity contribution is 6.31. The van der Waals surface area contributed by atoms with Crippen LogP contribution < -0.4 is 0 Å². The first kappa shape index (κ1) is 18.0. The van der Waals surface area contributed by atoms with Crippen molar-refractivity contribution in [1.82, 2.24) is 19.8 Å². The number of carbonyl (C=O) groups is 2. The number of piperidine rings is 1. The smallest absolute Gasteiger partial charge is 0.253 e. The van der Waals surface area contributed by atoms with E-state index in [1.807, 2.05) is 22.8 Å². The van der Waals surface area contributed by atoms with Gasteiger partial charge in [-0.25, -0.2) is 4.98 Å². The predicted octanol–water partition coefficient (Wildman–Crippen LogP) is 2.91. The van der Waals surface area contributed by atoms with E-state index in [1.165, 1.54) is 0 Å². The average molecular weight is 387 g/mol. The summed E-state index contributed by atoms with van der Waals surface area (Å²) in [5.41, 5.74) is 3.22. The number of likely N-dealkylation sites (tertiary alicyclic amines) is 1. The first-order chi connectivity index (χ1) is 12.9. The van der Waals surface area contributed by atoms with Gasteiger partial charge in [0.05, 0.1) is 17.6 Å². The third kappa shape index (κ3) is 2.92. The van der Waals surface area contributed by atoms with E-state index < -0.39 is 5.54 Å². The standard InChI is InChI=1S/C20H23ClN4O2/c1-13-11-15(3-4-16(13)21)19(27)24-9-6-20(7-10-24)18-17(22-12-23-18)5-8-25(20)14(2)26/h3-4,11-12H,5-10H2,1-2H3,(H,22,23). The summed E-state index contributed by atoms with van der Waals surface area (Å²) in [6, 6.07) is 5.38. The van der Waals surface area contributed by atoms with Crippen LogP contribution in [0.5, 0.6) is 0 Å². The maximum Gasteiger partial charge on any atom is 0.253 e. The van der Waals surface area contributed by atoms with Gasteiger partial charge in [-0.1, -0.05) is 11.6 Å². The number of nitrogens with zero attached hydrogens (tertiary/aromatic N) is 3. The number of amides is 2. The van der Waals surface area contributed by atoms with Crippen molar-refractivity contribution in [1.29, 1.82) is 0 Å². The maximum atomic E-state index is 12.9. The maximum absolute atomic E-state index is 12.9. The molecule has 0 radical (unpaired) electrons. The monoisotopic (exact) mass is 386 g/mol. The lowest BCUT2D eigenvalue weighted by atomic mass is 9.78. The summed E-state index contributed by atoms with van der Waals surface area (Å²) < 4.78 is 0. The van der Waals surface area contributed by atoms with E-state index >= 15 is 0 Å². The minimum atomic E-state index is -0.411. The van der Waals surface area contributed by atoms with Gasteiger partial charge in [-0.15, -0.1) is 0 Å². The van der Waals surface area contributed by atoms with Crippen molar-refractivity contribution in [2.24, 2.45) is 0 Å². The fourth-order valence-electron chi connectivity index (χ4n) is 4.48. The SMILES string of the molecule is CC(=O)N1CCc2[nH]cnc2C12CCN(C(=O)c1ccc(Cl)c(C)c1)CC2. The van der Waals surface area contributed by atoms with E-state index in [2.05, 4.69) is 9.97 Å². The van der Waals surface area contributed by atoms with Crippen LogP contribution in [0.1, 0.15) is 47.1 Å². The summed E-state index contributed by atoms with van der Waals surface area (Å²) in [6.45, 7) is 5.39. The minimum Gasteiger partial charge on any atom is -0.348 e. The summed E-state index contributed by atoms with van der Waals surface area (Å²) in [4.78, 5) is 36.8. The Kier molecular flexibility index (Phi) is 4.46. The van der Waals surface area contributed by atoms with Crippen molar-refractivity contribution in [3.63, 3.8) is 0 Å². The quantitative estimate of drug-likeness (QED) is 0.819. The Hall–Kier alpha value is -2.34. The number of carbonyl (C=O) groups excluding carboxylic acids is 2. The second-order valence-corrected chi connectivity index (χ2v) is 7.85. The Labute approximate surface area is 163 Å². The van der Waals surface area contributed by atoms with Crippen LogP contribution in [-0.2, 0) is 16.8 Å². The highest BCUT2D eigenvalue weighted by atomic mass is 35.5. The van der Waals surface area contributed by atoms with Crippen molar-refractivity contribution < 1.29 is 9.59 Å². The van der Waals surface area contributed by atoms with Crippen LogP contribution in [0.4, 0.5) is 0 Å². The van der Waals surface area contributed by atoms with Crippen LogP contribution in [0.2, 0.25) is 5.02 Å². The van der Waals surface area contributed by atoms with Gasteiger partial charge in [0.15, 0.2) is 0 Å². The molecule has 3 heterocycles. The molecule has 27 heavy (non-hydrogen) atoms. The molecule has 1 fully saturated rings. The second-order valence-electron chi connectivity index (χ2n) is 7.44. The molecule has 0 aliphatic carbocycles. The van der Waals surface area contributed by atoms with Crippen molar-refractivity contribution in [3.8, 4) is 0 Å². The Bertz CT molecular complexity index is 899. The third-order valence-corrected chi connectivity index (χ3v) is 6.35. The molecule has 0 saturated carbocycles. The zero-order valence-corrected chi connectivity index (χ0v) is 16.3. The number of benzene rings is 1. The average Bonchev–Trinajstić information content (AvgIpc) is 3.14. The Balaban J connectivity index is 1.58. The van der Waals surface area contributed by atoms with Crippen LogP contribution in [0.3, 0.4) is 0 Å². The lowest BCUT2D eigenvalue weighted by Crippen LogP contribution is -2.58. The molecule has 2 aliphatic heterocycles. The molecule has 4 rings (SSSR count). The van der Waals surface area contributed by atoms with Gasteiger partial charge in [0.25, 0.3) is 5.91 Å². The molecule has 2 aliphatic rings. The van der Waals surface area contributed by atoms with E-state index in [4.69, 9.17) is 11.6 Å². The molecule has 1 saturated heterocycles. The number of imidazole rings is 1. The Morgan fingerprint density at radius 2 is 1.96 bits per heavy atom. The first-order valence-corrected chi connectivity index (χ1v) is 9.66. The summed E-state index contributed by atoms with van der Waals surface area (Å²) >= 11 is 6.08. The lowest BCUT2D eigenvalue weighted by molar-refractivity contribution is -0.139. The van der Waals surface area contributed by atoms with Gasteiger partial charge in [0, 0.05) is 49.3 Å². The van der Waals surface area contributed by atoms with Crippen molar-refractivity contribution >= 4 is 23.4 Å². The molecule has 1 aromatic carbocycles. The van der Waals surface area contributed by atoms with Crippen molar-refractivity contribution in [2.75, 3.05) is 19.6 Å². The van der Waals surface area contributed by atoms with Crippen LogP contribution in [-0.4, -0.2) is 51.2 Å². The molecule has 1 aromatic heterocycles. The van der Waals surface area contributed by atoms with E-state index in [-0.39, 0.29) is 11.8 Å². The van der Waals surface area contributed by atoms with Crippen LogP contribution >= 0.6 is 11.6 Å². The number of nitrogens with one attached hydrogen (secondary N) is 1. The molecule has 1 spiro atoms. The first-order valence-electron chi connectivity index (χ1n) is 9.29. The van der Waals surface area contributed by atoms with Crippen molar-refractivity contribution in [3.05, 3.63) is 52.1 Å². The molecule has 2 amide bonds. The topological polar surface area (TPSA) is 69.3 Å². The fourth-order valence-corrected chi connectivity index (χ4v) is 4.60. The summed E-state index contributed by atoms with van der Waals surface area (Å²) in [5, 5.41) is 0.662. The number of aromatic amines is 1. The normalized spacial score (nSPS) is 18.5. The molecule has 6 nitrogen and oxygen atoms in total. The van der Waals surface area contributed by atoms with Gasteiger partial charge in [-0.3, -0.25) is 9.59 Å². The highest BCUT2D eigenvalue weighted by Gasteiger charge is 2.48. The molecular weight excluding hydrogens is 364 g/mol. The number of rotatable bonds is 1. The van der Waals surface area contributed by atoms with Crippen LogP contribution in [0.25, 0.3) is 0 Å². The largest absolute Gasteiger partial charge is 0.348 e. The number of aryl methyl sites for hydroxylation is 1. The molecule has 0 bridgehead atoms. The summed E-state index contributed by atoms with van der Waals surface area (Å²) in [7, 11) is 0.